The Bertz CT molecular complexity index is 489. The minimum Gasteiger partial charge on any atom is -0.478 e. The lowest BCUT2D eigenvalue weighted by Gasteiger charge is -2.20. The second-order valence-electron chi connectivity index (χ2n) is 4.33. The highest BCUT2D eigenvalue weighted by Gasteiger charge is 2.22. The molecule has 104 valence electrons. The number of nitro groups is 1. The first-order valence-corrected chi connectivity index (χ1v) is 5.62. The molecule has 8 heteroatoms. The lowest BCUT2D eigenvalue weighted by Crippen LogP contribution is -2.30. The van der Waals surface area contributed by atoms with Crippen molar-refractivity contribution in [3.8, 4) is 0 Å². The summed E-state index contributed by atoms with van der Waals surface area (Å²) < 4.78 is 0. The molecule has 0 amide bonds. The lowest BCUT2D eigenvalue weighted by molar-refractivity contribution is -0.384. The summed E-state index contributed by atoms with van der Waals surface area (Å²) in [5.74, 6) is -1.31. The van der Waals surface area contributed by atoms with Crippen LogP contribution in [0.5, 0.6) is 0 Å². The van der Waals surface area contributed by atoms with Crippen LogP contribution < -0.4 is 5.32 Å². The third-order valence-corrected chi connectivity index (χ3v) is 2.63. The molecule has 0 aliphatic carbocycles. The van der Waals surface area contributed by atoms with Crippen molar-refractivity contribution in [3.63, 3.8) is 0 Å². The van der Waals surface area contributed by atoms with Gasteiger partial charge in [-0.05, 0) is 5.92 Å². The third kappa shape index (κ3) is 3.62. The van der Waals surface area contributed by atoms with Gasteiger partial charge in [-0.2, -0.15) is 0 Å². The predicted molar refractivity (Wildman–Crippen MR) is 67.2 cm³/mol. The summed E-state index contributed by atoms with van der Waals surface area (Å²) in [7, 11) is 0. The fourth-order valence-electron chi connectivity index (χ4n) is 1.42. The lowest BCUT2D eigenvalue weighted by atomic mass is 10.1. The number of nitrogens with one attached hydrogen (secondary N) is 1. The van der Waals surface area contributed by atoms with E-state index in [0.29, 0.717) is 0 Å². The van der Waals surface area contributed by atoms with Gasteiger partial charge in [0, 0.05) is 12.3 Å². The maximum atomic E-state index is 10.9. The zero-order valence-electron chi connectivity index (χ0n) is 10.5. The number of carbonyl (C=O) groups is 1. The first kappa shape index (κ1) is 14.8. The Hall–Kier alpha value is -2.22. The van der Waals surface area contributed by atoms with Gasteiger partial charge >= 0.3 is 11.7 Å². The van der Waals surface area contributed by atoms with E-state index in [-0.39, 0.29) is 23.9 Å². The number of carboxylic acids is 1. The molecule has 8 nitrogen and oxygen atoms in total. The van der Waals surface area contributed by atoms with Gasteiger partial charge in [0.1, 0.15) is 0 Å². The Morgan fingerprint density at radius 1 is 1.58 bits per heavy atom. The van der Waals surface area contributed by atoms with Gasteiger partial charge in [0.2, 0.25) is 5.82 Å². The van der Waals surface area contributed by atoms with Gasteiger partial charge < -0.3 is 15.5 Å². The van der Waals surface area contributed by atoms with Gasteiger partial charge in [-0.1, -0.05) is 13.8 Å². The van der Waals surface area contributed by atoms with E-state index < -0.39 is 22.6 Å². The van der Waals surface area contributed by atoms with Crippen LogP contribution in [0.3, 0.4) is 0 Å². The number of carboxylic acid groups (broad SMARTS) is 1. The van der Waals surface area contributed by atoms with Crippen molar-refractivity contribution in [2.75, 3.05) is 11.9 Å². The van der Waals surface area contributed by atoms with Crippen molar-refractivity contribution in [1.82, 2.24) is 4.98 Å². The normalized spacial score (nSPS) is 12.2. The van der Waals surface area contributed by atoms with Gasteiger partial charge in [0.05, 0.1) is 23.1 Å². The van der Waals surface area contributed by atoms with Crippen LogP contribution in [0.15, 0.2) is 12.3 Å². The summed E-state index contributed by atoms with van der Waals surface area (Å²) >= 11 is 0. The number of rotatable bonds is 6. The molecule has 0 aliphatic rings. The molecule has 0 spiro atoms. The van der Waals surface area contributed by atoms with Crippen LogP contribution in [-0.2, 0) is 0 Å². The number of aliphatic hydroxyl groups is 1. The van der Waals surface area contributed by atoms with Crippen molar-refractivity contribution in [3.05, 3.63) is 27.9 Å². The van der Waals surface area contributed by atoms with E-state index in [0.717, 1.165) is 12.3 Å². The van der Waals surface area contributed by atoms with Gasteiger partial charge in [-0.3, -0.25) is 10.1 Å². The van der Waals surface area contributed by atoms with Gasteiger partial charge in [0.15, 0.2) is 0 Å². The Morgan fingerprint density at radius 3 is 2.63 bits per heavy atom. The molecule has 1 heterocycles. The van der Waals surface area contributed by atoms with Crippen LogP contribution in [0.4, 0.5) is 11.5 Å². The fourth-order valence-corrected chi connectivity index (χ4v) is 1.42. The van der Waals surface area contributed by atoms with Crippen LogP contribution in [0, 0.1) is 16.0 Å². The molecule has 0 aliphatic heterocycles. The summed E-state index contributed by atoms with van der Waals surface area (Å²) in [5, 5.41) is 31.6. The largest absolute Gasteiger partial charge is 0.478 e. The summed E-state index contributed by atoms with van der Waals surface area (Å²) in [6.07, 6.45) is 1.03. The summed E-state index contributed by atoms with van der Waals surface area (Å²) in [6.45, 7) is 3.47. The number of aromatic nitrogens is 1. The Balaban J connectivity index is 3.13. The van der Waals surface area contributed by atoms with Crippen molar-refractivity contribution in [2.24, 2.45) is 5.92 Å². The van der Waals surface area contributed by atoms with Crippen LogP contribution in [-0.4, -0.2) is 38.7 Å². The van der Waals surface area contributed by atoms with E-state index in [2.05, 4.69) is 10.3 Å². The second kappa shape index (κ2) is 6.10. The van der Waals surface area contributed by atoms with Crippen molar-refractivity contribution < 1.29 is 19.9 Å². The highest BCUT2D eigenvalue weighted by molar-refractivity contribution is 5.88. The van der Waals surface area contributed by atoms with Crippen LogP contribution in [0.2, 0.25) is 0 Å². The minimum atomic E-state index is -1.29. The topological polar surface area (TPSA) is 126 Å². The Morgan fingerprint density at radius 2 is 2.21 bits per heavy atom. The number of aromatic carboxylic acids is 1. The molecule has 0 radical (unpaired) electrons. The van der Waals surface area contributed by atoms with Crippen molar-refractivity contribution in [2.45, 2.75) is 19.9 Å². The molecular weight excluding hydrogens is 254 g/mol. The first-order valence-electron chi connectivity index (χ1n) is 5.62. The first-order chi connectivity index (χ1) is 8.86. The standard InChI is InChI=1S/C11H15N3O5/c1-6(2)8(5-15)13-10-9(14(18)19)3-7(4-12-10)11(16)17/h3-4,6,8,15H,5H2,1-2H3,(H,12,13)(H,16,17)/t8-/m1/s1. The molecule has 0 bridgehead atoms. The number of nitrogens with zero attached hydrogens (tertiary/aromatic N) is 2. The summed E-state index contributed by atoms with van der Waals surface area (Å²) in [5.41, 5.74) is -0.693. The maximum absolute atomic E-state index is 10.9. The zero-order chi connectivity index (χ0) is 14.6. The van der Waals surface area contributed by atoms with E-state index in [1.807, 2.05) is 13.8 Å². The number of hydrogen-bond acceptors (Lipinski definition) is 6. The van der Waals surface area contributed by atoms with E-state index >= 15 is 0 Å². The highest BCUT2D eigenvalue weighted by atomic mass is 16.6. The molecule has 0 unspecified atom stereocenters. The van der Waals surface area contributed by atoms with Gasteiger partial charge in [-0.25, -0.2) is 9.78 Å². The molecule has 3 N–H and O–H groups in total. The van der Waals surface area contributed by atoms with Crippen LogP contribution in [0.1, 0.15) is 24.2 Å². The van der Waals surface area contributed by atoms with Crippen LogP contribution >= 0.6 is 0 Å². The molecule has 1 aromatic rings. The van der Waals surface area contributed by atoms with Gasteiger partial charge in [0.25, 0.3) is 0 Å². The van der Waals surface area contributed by atoms with Crippen molar-refractivity contribution >= 4 is 17.5 Å². The molecule has 19 heavy (non-hydrogen) atoms. The van der Waals surface area contributed by atoms with E-state index in [9.17, 15) is 20.0 Å². The average Bonchev–Trinajstić information content (AvgIpc) is 2.35. The average molecular weight is 269 g/mol. The number of hydrogen-bond donors (Lipinski definition) is 3. The third-order valence-electron chi connectivity index (χ3n) is 2.63. The molecule has 0 saturated heterocycles. The van der Waals surface area contributed by atoms with E-state index in [1.165, 1.54) is 0 Å². The number of pyridine rings is 1. The van der Waals surface area contributed by atoms with E-state index in [1.54, 1.807) is 0 Å². The van der Waals surface area contributed by atoms with E-state index in [4.69, 9.17) is 5.11 Å². The smallest absolute Gasteiger partial charge is 0.337 e. The van der Waals surface area contributed by atoms with Crippen LogP contribution in [0.25, 0.3) is 0 Å². The zero-order valence-corrected chi connectivity index (χ0v) is 10.5. The summed E-state index contributed by atoms with van der Waals surface area (Å²) in [6, 6.07) is 0.536. The molecular formula is C11H15N3O5. The number of aliphatic hydroxyl groups excluding tert-OH is 1. The molecule has 0 saturated carbocycles. The second-order valence-corrected chi connectivity index (χ2v) is 4.33. The SMILES string of the molecule is CC(C)[C@@H](CO)Nc1ncc(C(=O)O)cc1[N+](=O)[O-]. The Kier molecular flexibility index (Phi) is 4.76. The highest BCUT2D eigenvalue weighted by Crippen LogP contribution is 2.24. The maximum Gasteiger partial charge on any atom is 0.337 e. The number of anilines is 1. The molecule has 1 aromatic heterocycles. The molecule has 0 aromatic carbocycles. The van der Waals surface area contributed by atoms with Gasteiger partial charge in [-0.15, -0.1) is 0 Å². The summed E-state index contributed by atoms with van der Waals surface area (Å²) in [4.78, 5) is 24.7. The molecule has 1 atom stereocenters. The molecule has 0 fully saturated rings. The Labute approximate surface area is 109 Å². The predicted octanol–water partition coefficient (Wildman–Crippen LogP) is 1.12. The fraction of sp³-hybridized carbons (Fsp3) is 0.455. The monoisotopic (exact) mass is 269 g/mol. The minimum absolute atomic E-state index is 0.0329. The van der Waals surface area contributed by atoms with Crippen molar-refractivity contribution in [1.29, 1.82) is 0 Å². The quantitative estimate of drug-likeness (QED) is 0.521. The molecule has 1 rings (SSSR count).